The van der Waals surface area contributed by atoms with Gasteiger partial charge >= 0.3 is 6.09 Å². The summed E-state index contributed by atoms with van der Waals surface area (Å²) in [6.45, 7) is 8.09. The maximum atomic E-state index is 13.6. The van der Waals surface area contributed by atoms with Crippen molar-refractivity contribution in [3.8, 4) is 11.3 Å². The SMILES string of the molecule is Cc1ccc(NC(=O)c2cn(C(=O)OC(C)(C)C)c3ccccc23)cc1Nc1ncccc1-c1ncnc2c1ncn2C1CCCCO1. The minimum Gasteiger partial charge on any atom is -0.443 e. The van der Waals surface area contributed by atoms with Crippen LogP contribution >= 0.6 is 0 Å². The van der Waals surface area contributed by atoms with E-state index in [2.05, 4.69) is 30.6 Å². The Morgan fingerprint density at radius 2 is 1.85 bits per heavy atom. The fraction of sp³-hybridized carbons (Fsp3) is 0.278. The molecule has 12 heteroatoms. The Labute approximate surface area is 277 Å². The first-order valence-corrected chi connectivity index (χ1v) is 15.9. The Balaban J connectivity index is 1.17. The van der Waals surface area contributed by atoms with Crippen molar-refractivity contribution in [2.75, 3.05) is 17.2 Å². The summed E-state index contributed by atoms with van der Waals surface area (Å²) >= 11 is 0. The van der Waals surface area contributed by atoms with Crippen LogP contribution < -0.4 is 10.6 Å². The van der Waals surface area contributed by atoms with Gasteiger partial charge in [0.15, 0.2) is 5.65 Å². The number of benzene rings is 2. The van der Waals surface area contributed by atoms with E-state index in [1.165, 1.54) is 17.1 Å². The van der Waals surface area contributed by atoms with Gasteiger partial charge < -0.3 is 20.1 Å². The number of para-hydroxylation sites is 1. The summed E-state index contributed by atoms with van der Waals surface area (Å²) in [6, 6.07) is 16.6. The Bertz CT molecular complexity index is 2160. The average molecular weight is 645 g/mol. The Kier molecular flexibility index (Phi) is 8.09. The van der Waals surface area contributed by atoms with E-state index in [1.807, 2.05) is 60.0 Å². The summed E-state index contributed by atoms with van der Waals surface area (Å²) in [6.07, 6.45) is 8.92. The van der Waals surface area contributed by atoms with Crippen LogP contribution in [0.5, 0.6) is 0 Å². The number of pyridine rings is 1. The molecule has 2 N–H and O–H groups in total. The van der Waals surface area contributed by atoms with Gasteiger partial charge in [-0.05, 0) is 82.9 Å². The number of aryl methyl sites for hydroxylation is 1. The van der Waals surface area contributed by atoms with Crippen molar-refractivity contribution < 1.29 is 19.1 Å². The van der Waals surface area contributed by atoms with Gasteiger partial charge in [0.25, 0.3) is 5.91 Å². The quantitative estimate of drug-likeness (QED) is 0.187. The van der Waals surface area contributed by atoms with Gasteiger partial charge in [-0.1, -0.05) is 24.3 Å². The third kappa shape index (κ3) is 6.09. The topological polar surface area (TPSA) is 138 Å². The van der Waals surface area contributed by atoms with Crippen LogP contribution in [0.2, 0.25) is 0 Å². The van der Waals surface area contributed by atoms with Crippen LogP contribution in [0.1, 0.15) is 62.2 Å². The molecule has 0 bridgehead atoms. The van der Waals surface area contributed by atoms with Gasteiger partial charge in [-0.2, -0.15) is 0 Å². The highest BCUT2D eigenvalue weighted by Gasteiger charge is 2.24. The summed E-state index contributed by atoms with van der Waals surface area (Å²) < 4.78 is 14.9. The zero-order valence-electron chi connectivity index (χ0n) is 27.2. The molecule has 0 radical (unpaired) electrons. The molecule has 1 saturated heterocycles. The highest BCUT2D eigenvalue weighted by Crippen LogP contribution is 2.34. The van der Waals surface area contributed by atoms with E-state index < -0.39 is 11.7 Å². The Morgan fingerprint density at radius 1 is 1.00 bits per heavy atom. The van der Waals surface area contributed by atoms with Crippen molar-refractivity contribution in [2.45, 2.75) is 58.8 Å². The molecule has 1 atom stereocenters. The van der Waals surface area contributed by atoms with Crippen LogP contribution in [0.3, 0.4) is 0 Å². The molecule has 48 heavy (non-hydrogen) atoms. The van der Waals surface area contributed by atoms with Crippen LogP contribution in [0.4, 0.5) is 22.0 Å². The highest BCUT2D eigenvalue weighted by molar-refractivity contribution is 6.14. The molecule has 1 aliphatic heterocycles. The lowest BCUT2D eigenvalue weighted by molar-refractivity contribution is -0.0298. The normalized spacial score (nSPS) is 15.0. The third-order valence-electron chi connectivity index (χ3n) is 8.18. The second kappa shape index (κ2) is 12.5. The molecule has 4 aromatic heterocycles. The number of nitrogens with zero attached hydrogens (tertiary/aromatic N) is 6. The fourth-order valence-corrected chi connectivity index (χ4v) is 5.88. The van der Waals surface area contributed by atoms with Crippen molar-refractivity contribution in [2.24, 2.45) is 0 Å². The first-order chi connectivity index (χ1) is 23.2. The molecule has 2 aromatic carbocycles. The van der Waals surface area contributed by atoms with E-state index in [0.29, 0.717) is 51.4 Å². The second-order valence-electron chi connectivity index (χ2n) is 12.8. The minimum absolute atomic E-state index is 0.104. The predicted molar refractivity (Wildman–Crippen MR) is 183 cm³/mol. The number of fused-ring (bicyclic) bond motifs is 2. The van der Waals surface area contributed by atoms with Gasteiger partial charge in [-0.3, -0.25) is 13.9 Å². The molecular formula is C36H36N8O4. The van der Waals surface area contributed by atoms with Gasteiger partial charge in [0.1, 0.15) is 35.2 Å². The van der Waals surface area contributed by atoms with E-state index >= 15 is 0 Å². The summed E-state index contributed by atoms with van der Waals surface area (Å²) in [7, 11) is 0. The first kappa shape index (κ1) is 31.0. The zero-order chi connectivity index (χ0) is 33.4. The number of imidazole rings is 1. The zero-order valence-corrected chi connectivity index (χ0v) is 27.2. The maximum absolute atomic E-state index is 13.6. The van der Waals surface area contributed by atoms with E-state index in [-0.39, 0.29) is 12.1 Å². The predicted octanol–water partition coefficient (Wildman–Crippen LogP) is 7.63. The Morgan fingerprint density at radius 3 is 2.67 bits per heavy atom. The summed E-state index contributed by atoms with van der Waals surface area (Å²) in [5.74, 6) is 0.218. The number of anilines is 3. The monoisotopic (exact) mass is 644 g/mol. The molecule has 244 valence electrons. The number of carbonyl (C=O) groups excluding carboxylic acids is 2. The van der Waals surface area contributed by atoms with Crippen LogP contribution in [-0.2, 0) is 9.47 Å². The van der Waals surface area contributed by atoms with Crippen molar-refractivity contribution in [3.05, 3.63) is 90.8 Å². The number of rotatable bonds is 6. The highest BCUT2D eigenvalue weighted by atomic mass is 16.6. The number of carbonyl (C=O) groups is 2. The molecular weight excluding hydrogens is 608 g/mol. The molecule has 0 saturated carbocycles. The van der Waals surface area contributed by atoms with Crippen molar-refractivity contribution in [1.29, 1.82) is 0 Å². The minimum atomic E-state index is -0.686. The van der Waals surface area contributed by atoms with Crippen LogP contribution in [0.15, 0.2) is 79.6 Å². The summed E-state index contributed by atoms with van der Waals surface area (Å²) in [4.78, 5) is 45.1. The number of nitrogens with one attached hydrogen (secondary N) is 2. The lowest BCUT2D eigenvalue weighted by atomic mass is 10.1. The summed E-state index contributed by atoms with van der Waals surface area (Å²) in [5, 5.41) is 7.09. The second-order valence-corrected chi connectivity index (χ2v) is 12.8. The van der Waals surface area contributed by atoms with Crippen LogP contribution in [0, 0.1) is 6.92 Å². The van der Waals surface area contributed by atoms with E-state index in [1.54, 1.807) is 39.4 Å². The first-order valence-electron chi connectivity index (χ1n) is 15.9. The number of aromatic nitrogens is 6. The molecule has 0 spiro atoms. The lowest BCUT2D eigenvalue weighted by Gasteiger charge is -2.23. The number of amides is 1. The van der Waals surface area contributed by atoms with Gasteiger partial charge in [0.2, 0.25) is 0 Å². The number of hydrogen-bond donors (Lipinski definition) is 2. The van der Waals surface area contributed by atoms with Gasteiger partial charge in [0.05, 0.1) is 17.4 Å². The van der Waals surface area contributed by atoms with Crippen LogP contribution in [-0.4, -0.2) is 53.3 Å². The largest absolute Gasteiger partial charge is 0.443 e. The van der Waals surface area contributed by atoms with Crippen LogP contribution in [0.25, 0.3) is 33.3 Å². The molecule has 7 rings (SSSR count). The molecule has 6 aromatic rings. The van der Waals surface area contributed by atoms with Gasteiger partial charge in [-0.25, -0.2) is 24.7 Å². The smallest absolute Gasteiger partial charge is 0.419 e. The van der Waals surface area contributed by atoms with E-state index in [0.717, 1.165) is 36.1 Å². The third-order valence-corrected chi connectivity index (χ3v) is 8.18. The van der Waals surface area contributed by atoms with Gasteiger partial charge in [-0.15, -0.1) is 0 Å². The molecule has 1 aliphatic rings. The number of ether oxygens (including phenoxy) is 2. The van der Waals surface area contributed by atoms with Crippen molar-refractivity contribution in [1.82, 2.24) is 29.1 Å². The number of hydrogen-bond acceptors (Lipinski definition) is 9. The molecule has 1 fully saturated rings. The molecule has 0 aliphatic carbocycles. The standard InChI is InChI=1S/C36H36N8O4/c1-22-14-15-23(41-34(45)26-19-43(35(46)48-36(2,3)4)28-12-6-5-10-24(26)28)18-27(22)42-32-25(11-9-16-37-32)30-31-33(39-20-38-30)44(21-40-31)29-13-7-8-17-47-29/h5-6,9-12,14-16,18-21,29H,7-8,13,17H2,1-4H3,(H,37,42)(H,41,45). The molecule has 12 nitrogen and oxygen atoms in total. The lowest BCUT2D eigenvalue weighted by Crippen LogP contribution is -2.26. The Hall–Kier alpha value is -5.62. The molecule has 5 heterocycles. The van der Waals surface area contributed by atoms with E-state index in [9.17, 15) is 9.59 Å². The van der Waals surface area contributed by atoms with Crippen molar-refractivity contribution >= 4 is 51.3 Å². The molecule has 1 amide bonds. The average Bonchev–Trinajstić information content (AvgIpc) is 3.69. The fourth-order valence-electron chi connectivity index (χ4n) is 5.88. The maximum Gasteiger partial charge on any atom is 0.419 e. The summed E-state index contributed by atoms with van der Waals surface area (Å²) in [5.41, 5.74) is 5.27. The van der Waals surface area contributed by atoms with E-state index in [4.69, 9.17) is 9.47 Å². The van der Waals surface area contributed by atoms with Gasteiger partial charge in [0, 0.05) is 41.3 Å². The van der Waals surface area contributed by atoms with Crippen molar-refractivity contribution in [3.63, 3.8) is 0 Å². The molecule has 1 unspecified atom stereocenters.